The lowest BCUT2D eigenvalue weighted by Gasteiger charge is -2.44. The number of benzene rings is 1. The third-order valence-corrected chi connectivity index (χ3v) is 6.38. The smallest absolute Gasteiger partial charge is 0.341 e. The Bertz CT molecular complexity index is 1030. The van der Waals surface area contributed by atoms with E-state index < -0.39 is 17.2 Å². The summed E-state index contributed by atoms with van der Waals surface area (Å²) in [5.41, 5.74) is 0.129. The summed E-state index contributed by atoms with van der Waals surface area (Å²) in [6, 6.07) is 3.18. The van der Waals surface area contributed by atoms with E-state index in [1.807, 2.05) is 4.57 Å². The number of anilines is 1. The van der Waals surface area contributed by atoms with Gasteiger partial charge in [-0.2, -0.15) is 0 Å². The zero-order chi connectivity index (χ0) is 18.9. The van der Waals surface area contributed by atoms with Crippen LogP contribution in [0.15, 0.2) is 23.1 Å². The number of aromatic nitrogens is 1. The summed E-state index contributed by atoms with van der Waals surface area (Å²) in [4.78, 5) is 28.6. The van der Waals surface area contributed by atoms with E-state index in [4.69, 9.17) is 0 Å². The van der Waals surface area contributed by atoms with Crippen LogP contribution in [0.4, 0.5) is 10.1 Å². The number of pyridine rings is 1. The van der Waals surface area contributed by atoms with Gasteiger partial charge in [0.1, 0.15) is 11.4 Å². The second kappa shape index (κ2) is 5.55. The molecule has 2 aromatic rings. The predicted molar refractivity (Wildman–Crippen MR) is 100 cm³/mol. The third kappa shape index (κ3) is 2.48. The lowest BCUT2D eigenvalue weighted by Crippen LogP contribution is -2.55. The highest BCUT2D eigenvalue weighted by molar-refractivity contribution is 5.93. The number of carboxylic acid groups (broad SMARTS) is 1. The molecule has 0 amide bonds. The Labute approximate surface area is 155 Å². The van der Waals surface area contributed by atoms with Crippen LogP contribution in [0, 0.1) is 5.82 Å². The van der Waals surface area contributed by atoms with E-state index in [2.05, 4.69) is 16.7 Å². The van der Waals surface area contributed by atoms with Gasteiger partial charge in [0.25, 0.3) is 0 Å². The molecule has 0 spiro atoms. The maximum absolute atomic E-state index is 15.1. The first kappa shape index (κ1) is 16.7. The van der Waals surface area contributed by atoms with Crippen LogP contribution >= 0.6 is 0 Å². The molecule has 3 fully saturated rings. The van der Waals surface area contributed by atoms with Crippen LogP contribution in [0.5, 0.6) is 0 Å². The van der Waals surface area contributed by atoms with Gasteiger partial charge < -0.3 is 14.6 Å². The standard InChI is InChI=1S/C20H22FN3O3/c1-20-4-5-22(11-20)6-7-24(20)17-9-16-13(8-15(17)21)18(25)14(19(26)27)10-23(16)12-2-3-12/h8-10,12H,2-7,11H2,1H3,(H,26,27). The quantitative estimate of drug-likeness (QED) is 0.898. The molecule has 142 valence electrons. The van der Waals surface area contributed by atoms with E-state index >= 15 is 4.39 Å². The van der Waals surface area contributed by atoms with Gasteiger partial charge >= 0.3 is 5.97 Å². The first-order chi connectivity index (χ1) is 12.9. The molecule has 3 aliphatic rings. The van der Waals surface area contributed by atoms with Crippen LogP contribution in [0.2, 0.25) is 0 Å². The summed E-state index contributed by atoms with van der Waals surface area (Å²) >= 11 is 0. The van der Waals surface area contributed by atoms with Gasteiger partial charge in [-0.05, 0) is 38.3 Å². The number of hydrogen-bond donors (Lipinski definition) is 1. The van der Waals surface area contributed by atoms with Crippen molar-refractivity contribution in [1.29, 1.82) is 0 Å². The topological polar surface area (TPSA) is 65.8 Å². The highest BCUT2D eigenvalue weighted by atomic mass is 19.1. The molecular weight excluding hydrogens is 349 g/mol. The maximum atomic E-state index is 15.1. The minimum atomic E-state index is -1.27. The van der Waals surface area contributed by atoms with Gasteiger partial charge in [0.2, 0.25) is 5.43 Å². The molecule has 5 rings (SSSR count). The normalized spacial score (nSPS) is 27.3. The van der Waals surface area contributed by atoms with Crippen molar-refractivity contribution in [2.45, 2.75) is 37.8 Å². The number of halogens is 1. The molecule has 2 bridgehead atoms. The summed E-state index contributed by atoms with van der Waals surface area (Å²) in [7, 11) is 0. The number of nitrogens with zero attached hydrogens (tertiary/aromatic N) is 3. The molecule has 2 unspecified atom stereocenters. The molecule has 7 heteroatoms. The van der Waals surface area contributed by atoms with Gasteiger partial charge in [-0.3, -0.25) is 9.69 Å². The highest BCUT2D eigenvalue weighted by Crippen LogP contribution is 2.40. The molecular formula is C20H22FN3O3. The summed E-state index contributed by atoms with van der Waals surface area (Å²) in [6.45, 7) is 5.76. The van der Waals surface area contributed by atoms with E-state index in [1.165, 1.54) is 12.3 Å². The fraction of sp³-hybridized carbons (Fsp3) is 0.500. The molecule has 27 heavy (non-hydrogen) atoms. The second-order valence-electron chi connectivity index (χ2n) is 8.31. The van der Waals surface area contributed by atoms with Crippen LogP contribution in [0.25, 0.3) is 10.9 Å². The van der Waals surface area contributed by atoms with Gasteiger partial charge in [0.05, 0.1) is 16.7 Å². The molecule has 1 saturated carbocycles. The summed E-state index contributed by atoms with van der Waals surface area (Å²) in [5, 5.41) is 9.52. The van der Waals surface area contributed by atoms with Gasteiger partial charge in [-0.15, -0.1) is 0 Å². The monoisotopic (exact) mass is 371 g/mol. The predicted octanol–water partition coefficient (Wildman–Crippen LogP) is 2.46. The lowest BCUT2D eigenvalue weighted by atomic mass is 9.96. The largest absolute Gasteiger partial charge is 0.477 e. The van der Waals surface area contributed by atoms with E-state index in [9.17, 15) is 14.7 Å². The lowest BCUT2D eigenvalue weighted by molar-refractivity contribution is 0.0695. The molecule has 1 aromatic heterocycles. The summed E-state index contributed by atoms with van der Waals surface area (Å²) < 4.78 is 17.0. The molecule has 0 radical (unpaired) electrons. The Morgan fingerprint density at radius 1 is 1.26 bits per heavy atom. The van der Waals surface area contributed by atoms with Crippen molar-refractivity contribution in [2.75, 3.05) is 31.1 Å². The van der Waals surface area contributed by atoms with Crippen LogP contribution in [-0.4, -0.2) is 52.3 Å². The van der Waals surface area contributed by atoms with E-state index in [-0.39, 0.29) is 22.5 Å². The van der Waals surface area contributed by atoms with E-state index in [1.54, 1.807) is 6.07 Å². The number of carboxylic acids is 1. The number of piperazine rings is 1. The van der Waals surface area contributed by atoms with E-state index in [0.29, 0.717) is 11.2 Å². The molecule has 2 aliphatic heterocycles. The average Bonchev–Trinajstić information content (AvgIpc) is 3.41. The van der Waals surface area contributed by atoms with Crippen molar-refractivity contribution in [3.63, 3.8) is 0 Å². The molecule has 2 saturated heterocycles. The second-order valence-corrected chi connectivity index (χ2v) is 8.31. The van der Waals surface area contributed by atoms with Crippen molar-refractivity contribution >= 4 is 22.6 Å². The highest BCUT2D eigenvalue weighted by Gasteiger charge is 2.43. The fourth-order valence-corrected chi connectivity index (χ4v) is 4.75. The Kier molecular flexibility index (Phi) is 3.44. The van der Waals surface area contributed by atoms with Crippen LogP contribution < -0.4 is 10.3 Å². The third-order valence-electron chi connectivity index (χ3n) is 6.38. The first-order valence-electron chi connectivity index (χ1n) is 9.49. The molecule has 1 aromatic carbocycles. The van der Waals surface area contributed by atoms with E-state index in [0.717, 1.165) is 45.4 Å². The van der Waals surface area contributed by atoms with Gasteiger partial charge in [-0.25, -0.2) is 9.18 Å². The minimum Gasteiger partial charge on any atom is -0.477 e. The van der Waals surface area contributed by atoms with Crippen molar-refractivity contribution in [3.8, 4) is 0 Å². The van der Waals surface area contributed by atoms with Crippen LogP contribution in [0.1, 0.15) is 42.6 Å². The van der Waals surface area contributed by atoms with Crippen LogP contribution in [0.3, 0.4) is 0 Å². The molecule has 2 atom stereocenters. The van der Waals surface area contributed by atoms with Crippen molar-refractivity contribution in [1.82, 2.24) is 9.47 Å². The minimum absolute atomic E-state index is 0.113. The maximum Gasteiger partial charge on any atom is 0.341 e. The van der Waals surface area contributed by atoms with Crippen molar-refractivity contribution in [2.24, 2.45) is 0 Å². The zero-order valence-electron chi connectivity index (χ0n) is 15.2. The zero-order valence-corrected chi connectivity index (χ0v) is 15.2. The van der Waals surface area contributed by atoms with Gasteiger partial charge in [0, 0.05) is 43.8 Å². The average molecular weight is 371 g/mol. The molecule has 1 aliphatic carbocycles. The summed E-state index contributed by atoms with van der Waals surface area (Å²) in [6.07, 6.45) is 4.31. The summed E-state index contributed by atoms with van der Waals surface area (Å²) in [5.74, 6) is -1.72. The number of rotatable bonds is 3. The first-order valence-corrected chi connectivity index (χ1v) is 9.49. The van der Waals surface area contributed by atoms with Crippen molar-refractivity contribution in [3.05, 3.63) is 39.9 Å². The van der Waals surface area contributed by atoms with Gasteiger partial charge in [0.15, 0.2) is 0 Å². The Balaban J connectivity index is 1.73. The fourth-order valence-electron chi connectivity index (χ4n) is 4.75. The number of fused-ring (bicyclic) bond motifs is 3. The number of aromatic carboxylic acids is 1. The Hall–Kier alpha value is -2.41. The number of hydrogen-bond acceptors (Lipinski definition) is 4. The van der Waals surface area contributed by atoms with Crippen LogP contribution in [-0.2, 0) is 0 Å². The molecule has 3 heterocycles. The Morgan fingerprint density at radius 2 is 2.04 bits per heavy atom. The molecule has 6 nitrogen and oxygen atoms in total. The van der Waals surface area contributed by atoms with Gasteiger partial charge in [-0.1, -0.05) is 0 Å². The molecule has 1 N–H and O–H groups in total. The SMILES string of the molecule is CC12CCN(CCN1c1cc3c(cc1F)c(=O)c(C(=O)O)cn3C1CC1)C2. The Morgan fingerprint density at radius 3 is 2.74 bits per heavy atom. The van der Waals surface area contributed by atoms with Crippen molar-refractivity contribution < 1.29 is 14.3 Å². The number of carbonyl (C=O) groups is 1.